The van der Waals surface area contributed by atoms with Crippen LogP contribution in [0.5, 0.6) is 0 Å². The molecule has 2 nitrogen and oxygen atoms in total. The van der Waals surface area contributed by atoms with Gasteiger partial charge in [0.15, 0.2) is 0 Å². The Hall–Kier alpha value is -0.540. The maximum absolute atomic E-state index is 5.62. The van der Waals surface area contributed by atoms with E-state index in [1.54, 1.807) is 0 Å². The van der Waals surface area contributed by atoms with Gasteiger partial charge in [-0.2, -0.15) is 0 Å². The van der Waals surface area contributed by atoms with Gasteiger partial charge in [-0.15, -0.1) is 0 Å². The average molecular weight is 283 g/mol. The van der Waals surface area contributed by atoms with Crippen molar-refractivity contribution < 1.29 is 0 Å². The number of benzene rings is 1. The van der Waals surface area contributed by atoms with Crippen LogP contribution in [-0.4, -0.2) is 13.6 Å². The summed E-state index contributed by atoms with van der Waals surface area (Å²) in [7, 11) is 2.17. The second kappa shape index (κ2) is 5.19. The largest absolute Gasteiger partial charge is 0.373 e. The third-order valence-corrected chi connectivity index (χ3v) is 4.05. The summed E-state index contributed by atoms with van der Waals surface area (Å²) < 4.78 is 1.15. The lowest BCUT2D eigenvalue weighted by Gasteiger charge is -2.31. The zero-order chi connectivity index (χ0) is 11.5. The predicted octanol–water partition coefficient (Wildman–Crippen LogP) is 3.14. The lowest BCUT2D eigenvalue weighted by molar-refractivity contribution is 0.321. The van der Waals surface area contributed by atoms with Gasteiger partial charge in [0.05, 0.1) is 5.69 Å². The fourth-order valence-electron chi connectivity index (χ4n) is 2.15. The fraction of sp³-hybridized carbons (Fsp3) is 0.538. The number of nitrogens with two attached hydrogens (primary N) is 1. The molecule has 0 aromatic heterocycles. The maximum atomic E-state index is 5.62. The first-order valence-corrected chi connectivity index (χ1v) is 6.69. The normalized spacial score (nSPS) is 15.9. The molecule has 0 saturated heterocycles. The summed E-state index contributed by atoms with van der Waals surface area (Å²) in [5.41, 5.74) is 8.06. The van der Waals surface area contributed by atoms with E-state index in [-0.39, 0.29) is 0 Å². The highest BCUT2D eigenvalue weighted by Crippen LogP contribution is 2.31. The van der Waals surface area contributed by atoms with Crippen molar-refractivity contribution in [3.63, 3.8) is 0 Å². The molecule has 16 heavy (non-hydrogen) atoms. The third-order valence-electron chi connectivity index (χ3n) is 3.42. The van der Waals surface area contributed by atoms with E-state index in [1.165, 1.54) is 37.1 Å². The Morgan fingerprint density at radius 1 is 1.44 bits per heavy atom. The Bertz CT molecular complexity index is 361. The smallest absolute Gasteiger partial charge is 0.0508 e. The highest BCUT2D eigenvalue weighted by Gasteiger charge is 2.19. The number of rotatable bonds is 4. The minimum absolute atomic E-state index is 0.602. The molecule has 88 valence electrons. The molecular weight excluding hydrogens is 264 g/mol. The van der Waals surface area contributed by atoms with Crippen LogP contribution in [-0.2, 0) is 6.54 Å². The third kappa shape index (κ3) is 2.58. The van der Waals surface area contributed by atoms with Crippen molar-refractivity contribution in [2.75, 3.05) is 18.5 Å². The van der Waals surface area contributed by atoms with Crippen LogP contribution in [0.15, 0.2) is 22.7 Å². The summed E-state index contributed by atoms with van der Waals surface area (Å²) in [5, 5.41) is 0. The molecule has 0 heterocycles. The molecule has 2 N–H and O–H groups in total. The first kappa shape index (κ1) is 11.9. The molecule has 3 heteroatoms. The number of hydrogen-bond acceptors (Lipinski definition) is 2. The number of halogens is 1. The second-order valence-corrected chi connectivity index (χ2v) is 5.52. The molecule has 0 amide bonds. The van der Waals surface area contributed by atoms with Gasteiger partial charge in [0.25, 0.3) is 0 Å². The Kier molecular flexibility index (Phi) is 3.87. The lowest BCUT2D eigenvalue weighted by atomic mass is 9.85. The molecule has 1 aromatic rings. The van der Waals surface area contributed by atoms with Gasteiger partial charge in [-0.25, -0.2) is 0 Å². The SMILES string of the molecule is CN(CC1CCC1)c1ccc(CN)cc1Br. The van der Waals surface area contributed by atoms with Gasteiger partial charge in [-0.05, 0) is 52.4 Å². The van der Waals surface area contributed by atoms with Crippen LogP contribution in [0.3, 0.4) is 0 Å². The highest BCUT2D eigenvalue weighted by atomic mass is 79.9. The summed E-state index contributed by atoms with van der Waals surface area (Å²) in [5.74, 6) is 0.895. The summed E-state index contributed by atoms with van der Waals surface area (Å²) in [6, 6.07) is 6.38. The molecule has 0 spiro atoms. The summed E-state index contributed by atoms with van der Waals surface area (Å²) in [4.78, 5) is 2.34. The molecule has 1 saturated carbocycles. The van der Waals surface area contributed by atoms with Crippen molar-refractivity contribution in [3.05, 3.63) is 28.2 Å². The molecule has 0 bridgehead atoms. The van der Waals surface area contributed by atoms with Crippen LogP contribution < -0.4 is 10.6 Å². The standard InChI is InChI=1S/C13H19BrN2/c1-16(9-10-3-2-4-10)13-6-5-11(8-15)7-12(13)14/h5-7,10H,2-4,8-9,15H2,1H3. The maximum Gasteiger partial charge on any atom is 0.0508 e. The monoisotopic (exact) mass is 282 g/mol. The molecule has 0 radical (unpaired) electrons. The Labute approximate surface area is 106 Å². The second-order valence-electron chi connectivity index (χ2n) is 4.67. The Morgan fingerprint density at radius 3 is 2.69 bits per heavy atom. The van der Waals surface area contributed by atoms with Crippen molar-refractivity contribution in [3.8, 4) is 0 Å². The molecule has 0 aliphatic heterocycles. The van der Waals surface area contributed by atoms with Gasteiger partial charge in [0, 0.05) is 24.6 Å². The van der Waals surface area contributed by atoms with E-state index in [0.29, 0.717) is 6.54 Å². The van der Waals surface area contributed by atoms with E-state index < -0.39 is 0 Å². The van der Waals surface area contributed by atoms with Crippen LogP contribution in [0.4, 0.5) is 5.69 Å². The van der Waals surface area contributed by atoms with E-state index in [0.717, 1.165) is 10.4 Å². The van der Waals surface area contributed by atoms with Crippen LogP contribution in [0.25, 0.3) is 0 Å². The Balaban J connectivity index is 2.06. The van der Waals surface area contributed by atoms with Crippen molar-refractivity contribution in [1.29, 1.82) is 0 Å². The quantitative estimate of drug-likeness (QED) is 0.919. The van der Waals surface area contributed by atoms with E-state index in [4.69, 9.17) is 5.73 Å². The predicted molar refractivity (Wildman–Crippen MR) is 72.6 cm³/mol. The Morgan fingerprint density at radius 2 is 2.19 bits per heavy atom. The first-order valence-electron chi connectivity index (χ1n) is 5.90. The molecule has 2 rings (SSSR count). The first-order chi connectivity index (χ1) is 7.70. The van der Waals surface area contributed by atoms with Crippen molar-refractivity contribution in [2.45, 2.75) is 25.8 Å². The van der Waals surface area contributed by atoms with E-state index in [2.05, 4.69) is 46.1 Å². The molecular formula is C13H19BrN2. The van der Waals surface area contributed by atoms with Gasteiger partial charge < -0.3 is 10.6 Å². The molecule has 1 aliphatic carbocycles. The van der Waals surface area contributed by atoms with Crippen LogP contribution in [0.1, 0.15) is 24.8 Å². The molecule has 1 fully saturated rings. The molecule has 1 aliphatic rings. The van der Waals surface area contributed by atoms with Crippen molar-refractivity contribution >= 4 is 21.6 Å². The van der Waals surface area contributed by atoms with Crippen molar-refractivity contribution in [1.82, 2.24) is 0 Å². The minimum Gasteiger partial charge on any atom is -0.373 e. The van der Waals surface area contributed by atoms with Gasteiger partial charge in [-0.1, -0.05) is 12.5 Å². The number of hydrogen-bond donors (Lipinski definition) is 1. The van der Waals surface area contributed by atoms with Crippen LogP contribution >= 0.6 is 15.9 Å². The summed E-state index contributed by atoms with van der Waals surface area (Å²) in [6.07, 6.45) is 4.19. The number of nitrogens with zero attached hydrogens (tertiary/aromatic N) is 1. The van der Waals surface area contributed by atoms with Crippen molar-refractivity contribution in [2.24, 2.45) is 11.7 Å². The molecule has 0 unspecified atom stereocenters. The van der Waals surface area contributed by atoms with Crippen LogP contribution in [0.2, 0.25) is 0 Å². The fourth-order valence-corrected chi connectivity index (χ4v) is 2.88. The minimum atomic E-state index is 0.602. The zero-order valence-corrected chi connectivity index (χ0v) is 11.3. The lowest BCUT2D eigenvalue weighted by Crippen LogP contribution is -2.29. The van der Waals surface area contributed by atoms with E-state index in [1.807, 2.05) is 0 Å². The average Bonchev–Trinajstić information content (AvgIpc) is 2.23. The van der Waals surface area contributed by atoms with Crippen LogP contribution in [0, 0.1) is 5.92 Å². The van der Waals surface area contributed by atoms with E-state index in [9.17, 15) is 0 Å². The van der Waals surface area contributed by atoms with Gasteiger partial charge >= 0.3 is 0 Å². The highest BCUT2D eigenvalue weighted by molar-refractivity contribution is 9.10. The van der Waals surface area contributed by atoms with Gasteiger partial charge in [-0.3, -0.25) is 0 Å². The topological polar surface area (TPSA) is 29.3 Å². The summed E-state index contributed by atoms with van der Waals surface area (Å²) >= 11 is 3.62. The summed E-state index contributed by atoms with van der Waals surface area (Å²) in [6.45, 7) is 1.77. The molecule has 1 aromatic carbocycles. The molecule has 0 atom stereocenters. The van der Waals surface area contributed by atoms with Gasteiger partial charge in [0.1, 0.15) is 0 Å². The number of anilines is 1. The zero-order valence-electron chi connectivity index (χ0n) is 9.75. The van der Waals surface area contributed by atoms with Gasteiger partial charge in [0.2, 0.25) is 0 Å². The van der Waals surface area contributed by atoms with E-state index >= 15 is 0 Å².